The van der Waals surface area contributed by atoms with Crippen LogP contribution in [-0.2, 0) is 11.3 Å². The molecular formula is C15H18ClN3O2S. The van der Waals surface area contributed by atoms with Gasteiger partial charge >= 0.3 is 0 Å². The van der Waals surface area contributed by atoms with Crippen LogP contribution in [0.25, 0.3) is 0 Å². The van der Waals surface area contributed by atoms with E-state index in [4.69, 9.17) is 16.3 Å². The average molecular weight is 340 g/mol. The monoisotopic (exact) mass is 339 g/mol. The van der Waals surface area contributed by atoms with Crippen molar-refractivity contribution < 1.29 is 9.53 Å². The van der Waals surface area contributed by atoms with Crippen molar-refractivity contribution in [2.45, 2.75) is 26.5 Å². The Morgan fingerprint density at radius 2 is 2.32 bits per heavy atom. The summed E-state index contributed by atoms with van der Waals surface area (Å²) in [6, 6.07) is 3.21. The van der Waals surface area contributed by atoms with E-state index in [-0.39, 0.29) is 12.0 Å². The van der Waals surface area contributed by atoms with Crippen molar-refractivity contribution in [2.24, 2.45) is 0 Å². The third kappa shape index (κ3) is 4.25. The molecule has 2 aromatic heterocycles. The number of ether oxygens (including phenoxy) is 1. The molecule has 0 aromatic carbocycles. The van der Waals surface area contributed by atoms with Crippen LogP contribution in [0, 0.1) is 0 Å². The minimum Gasteiger partial charge on any atom is -0.372 e. The Balaban J connectivity index is 2.02. The number of pyridine rings is 1. The van der Waals surface area contributed by atoms with Gasteiger partial charge in [-0.1, -0.05) is 11.6 Å². The summed E-state index contributed by atoms with van der Waals surface area (Å²) in [5, 5.41) is 3.18. The van der Waals surface area contributed by atoms with Gasteiger partial charge in [-0.25, -0.2) is 9.97 Å². The molecule has 0 aliphatic carbocycles. The summed E-state index contributed by atoms with van der Waals surface area (Å²) in [6.07, 6.45) is 1.50. The molecule has 1 atom stereocenters. The number of aromatic nitrogens is 2. The number of halogens is 1. The van der Waals surface area contributed by atoms with E-state index >= 15 is 0 Å². The molecule has 0 fully saturated rings. The molecule has 0 aliphatic rings. The van der Waals surface area contributed by atoms with Gasteiger partial charge in [0.15, 0.2) is 0 Å². The Kier molecular flexibility index (Phi) is 5.88. The van der Waals surface area contributed by atoms with E-state index in [9.17, 15) is 4.79 Å². The summed E-state index contributed by atoms with van der Waals surface area (Å²) >= 11 is 7.36. The lowest BCUT2D eigenvalue weighted by Gasteiger charge is -2.16. The van der Waals surface area contributed by atoms with Gasteiger partial charge in [-0.05, 0) is 26.0 Å². The van der Waals surface area contributed by atoms with Crippen molar-refractivity contribution in [3.8, 4) is 0 Å². The number of carbonyl (C=O) groups is 1. The van der Waals surface area contributed by atoms with E-state index in [1.54, 1.807) is 35.4 Å². The largest absolute Gasteiger partial charge is 0.372 e. The van der Waals surface area contributed by atoms with E-state index in [0.717, 1.165) is 10.7 Å². The Hall–Kier alpha value is -1.50. The Morgan fingerprint density at radius 1 is 1.55 bits per heavy atom. The predicted molar refractivity (Wildman–Crippen MR) is 87.2 cm³/mol. The highest BCUT2D eigenvalue weighted by atomic mass is 35.5. The van der Waals surface area contributed by atoms with Crippen LogP contribution in [-0.4, -0.2) is 34.4 Å². The standard InChI is InChI=1S/C15H18ClN3O2S/c1-4-21-10(2)14-18-12(9-22-14)8-19(3)15(20)11-5-6-17-13(16)7-11/h5-7,9-10H,4,8H2,1-3H3/t10-/m1/s1. The Labute approximate surface area is 138 Å². The highest BCUT2D eigenvalue weighted by Gasteiger charge is 2.16. The van der Waals surface area contributed by atoms with Crippen LogP contribution in [0.1, 0.15) is 41.0 Å². The van der Waals surface area contributed by atoms with Crippen molar-refractivity contribution in [1.29, 1.82) is 0 Å². The quantitative estimate of drug-likeness (QED) is 0.755. The third-order valence-electron chi connectivity index (χ3n) is 3.05. The van der Waals surface area contributed by atoms with Gasteiger partial charge < -0.3 is 9.64 Å². The lowest BCUT2D eigenvalue weighted by molar-refractivity contribution is 0.0756. The molecule has 0 aliphatic heterocycles. The highest BCUT2D eigenvalue weighted by molar-refractivity contribution is 7.09. The second kappa shape index (κ2) is 7.67. The molecular weight excluding hydrogens is 322 g/mol. The molecule has 0 spiro atoms. The van der Waals surface area contributed by atoms with Crippen LogP contribution in [0.4, 0.5) is 0 Å². The molecule has 0 bridgehead atoms. The van der Waals surface area contributed by atoms with Crippen LogP contribution < -0.4 is 0 Å². The van der Waals surface area contributed by atoms with Crippen LogP contribution in [0.2, 0.25) is 5.15 Å². The first-order valence-electron chi connectivity index (χ1n) is 6.94. The van der Waals surface area contributed by atoms with Crippen molar-refractivity contribution >= 4 is 28.8 Å². The topological polar surface area (TPSA) is 55.3 Å². The zero-order valence-electron chi connectivity index (χ0n) is 12.7. The molecule has 0 saturated carbocycles. The second-order valence-electron chi connectivity index (χ2n) is 4.80. The molecule has 0 unspecified atom stereocenters. The fraction of sp³-hybridized carbons (Fsp3) is 0.400. The van der Waals surface area contributed by atoms with E-state index in [1.165, 1.54) is 6.20 Å². The number of rotatable bonds is 6. The molecule has 5 nitrogen and oxygen atoms in total. The summed E-state index contributed by atoms with van der Waals surface area (Å²) < 4.78 is 5.52. The number of nitrogens with zero attached hydrogens (tertiary/aromatic N) is 3. The number of hydrogen-bond acceptors (Lipinski definition) is 5. The molecule has 1 amide bonds. The third-order valence-corrected chi connectivity index (χ3v) is 4.31. The van der Waals surface area contributed by atoms with Crippen LogP contribution >= 0.6 is 22.9 Å². The van der Waals surface area contributed by atoms with Crippen molar-refractivity contribution in [3.05, 3.63) is 45.1 Å². The Morgan fingerprint density at radius 3 is 3.00 bits per heavy atom. The molecule has 0 radical (unpaired) electrons. The fourth-order valence-electron chi connectivity index (χ4n) is 1.97. The van der Waals surface area contributed by atoms with Crippen LogP contribution in [0.3, 0.4) is 0 Å². The van der Waals surface area contributed by atoms with Gasteiger partial charge in [0.25, 0.3) is 5.91 Å². The van der Waals surface area contributed by atoms with Crippen molar-refractivity contribution in [1.82, 2.24) is 14.9 Å². The summed E-state index contributed by atoms with van der Waals surface area (Å²) in [5.41, 5.74) is 1.36. The molecule has 2 aromatic rings. The SMILES string of the molecule is CCO[C@H](C)c1nc(CN(C)C(=O)c2ccnc(Cl)c2)cs1. The number of hydrogen-bond donors (Lipinski definition) is 0. The van der Waals surface area contributed by atoms with Crippen molar-refractivity contribution in [2.75, 3.05) is 13.7 Å². The minimum atomic E-state index is -0.114. The molecule has 7 heteroatoms. The van der Waals surface area contributed by atoms with Gasteiger partial charge in [0.1, 0.15) is 16.3 Å². The number of thiazole rings is 1. The lowest BCUT2D eigenvalue weighted by atomic mass is 10.2. The first-order valence-corrected chi connectivity index (χ1v) is 8.20. The molecule has 118 valence electrons. The van der Waals surface area contributed by atoms with Gasteiger partial charge in [-0.3, -0.25) is 4.79 Å². The maximum Gasteiger partial charge on any atom is 0.254 e. The van der Waals surface area contributed by atoms with Gasteiger partial charge in [-0.15, -0.1) is 11.3 Å². The van der Waals surface area contributed by atoms with Gasteiger partial charge in [0.2, 0.25) is 0 Å². The van der Waals surface area contributed by atoms with Gasteiger partial charge in [0, 0.05) is 30.8 Å². The van der Waals surface area contributed by atoms with E-state index in [1.807, 2.05) is 19.2 Å². The molecule has 2 rings (SSSR count). The van der Waals surface area contributed by atoms with Crippen molar-refractivity contribution in [3.63, 3.8) is 0 Å². The van der Waals surface area contributed by atoms with Gasteiger partial charge in [-0.2, -0.15) is 0 Å². The summed E-state index contributed by atoms with van der Waals surface area (Å²) in [4.78, 5) is 22.3. The zero-order valence-corrected chi connectivity index (χ0v) is 14.3. The summed E-state index contributed by atoms with van der Waals surface area (Å²) in [5.74, 6) is -0.114. The fourth-order valence-corrected chi connectivity index (χ4v) is 2.96. The molecule has 2 heterocycles. The van der Waals surface area contributed by atoms with Crippen LogP contribution in [0.5, 0.6) is 0 Å². The first-order chi connectivity index (χ1) is 10.5. The number of amides is 1. The molecule has 0 saturated heterocycles. The smallest absolute Gasteiger partial charge is 0.254 e. The average Bonchev–Trinajstić information content (AvgIpc) is 2.95. The van der Waals surface area contributed by atoms with E-state index in [2.05, 4.69) is 9.97 Å². The highest BCUT2D eigenvalue weighted by Crippen LogP contribution is 2.22. The second-order valence-corrected chi connectivity index (χ2v) is 6.08. The van der Waals surface area contributed by atoms with Crippen LogP contribution in [0.15, 0.2) is 23.7 Å². The van der Waals surface area contributed by atoms with E-state index in [0.29, 0.717) is 23.9 Å². The summed E-state index contributed by atoms with van der Waals surface area (Å²) in [7, 11) is 1.74. The number of carbonyl (C=O) groups excluding carboxylic acids is 1. The maximum atomic E-state index is 12.3. The molecule has 0 N–H and O–H groups in total. The zero-order chi connectivity index (χ0) is 16.1. The van der Waals surface area contributed by atoms with E-state index < -0.39 is 0 Å². The lowest BCUT2D eigenvalue weighted by Crippen LogP contribution is -2.26. The first kappa shape index (κ1) is 16.9. The molecule has 22 heavy (non-hydrogen) atoms. The Bertz CT molecular complexity index is 647. The maximum absolute atomic E-state index is 12.3. The summed E-state index contributed by atoms with van der Waals surface area (Å²) in [6.45, 7) is 5.02. The normalized spacial score (nSPS) is 12.2. The predicted octanol–water partition coefficient (Wildman–Crippen LogP) is 3.56. The minimum absolute atomic E-state index is 0.0243. The van der Waals surface area contributed by atoms with Gasteiger partial charge in [0.05, 0.1) is 12.2 Å².